The molecule has 35 heavy (non-hydrogen) atoms. The molecule has 186 valence electrons. The first-order valence-corrected chi connectivity index (χ1v) is 12.8. The van der Waals surface area contributed by atoms with Gasteiger partial charge < -0.3 is 20.3 Å². The van der Waals surface area contributed by atoms with Crippen LogP contribution in [0.4, 0.5) is 5.69 Å². The Hall–Kier alpha value is -2.64. The van der Waals surface area contributed by atoms with Crippen molar-refractivity contribution in [2.24, 2.45) is 23.7 Å². The molecule has 3 heterocycles. The number of rotatable bonds is 6. The number of anilines is 1. The molecule has 3 fully saturated rings. The molecule has 3 amide bonds. The second-order valence-corrected chi connectivity index (χ2v) is 10.8. The van der Waals surface area contributed by atoms with Crippen molar-refractivity contribution in [1.29, 1.82) is 0 Å². The first kappa shape index (κ1) is 24.1. The Morgan fingerprint density at radius 3 is 2.69 bits per heavy atom. The van der Waals surface area contributed by atoms with E-state index in [1.54, 1.807) is 30.3 Å². The summed E-state index contributed by atoms with van der Waals surface area (Å²) in [5.41, 5.74) is -0.580. The van der Waals surface area contributed by atoms with Gasteiger partial charge in [-0.25, -0.2) is 0 Å². The number of carbonyl (C=O) groups excluding carboxylic acids is 3. The number of hydrogen-bond acceptors (Lipinski definition) is 4. The molecule has 1 spiro atoms. The van der Waals surface area contributed by atoms with Gasteiger partial charge in [0.05, 0.1) is 17.9 Å². The van der Waals surface area contributed by atoms with Gasteiger partial charge in [-0.05, 0) is 42.5 Å². The number of hydrogen-bond donors (Lipinski definition) is 2. The van der Waals surface area contributed by atoms with E-state index in [0.29, 0.717) is 22.5 Å². The maximum atomic E-state index is 13.8. The van der Waals surface area contributed by atoms with Crippen molar-refractivity contribution in [3.63, 3.8) is 0 Å². The normalized spacial score (nSPS) is 37.3. The van der Waals surface area contributed by atoms with Crippen LogP contribution >= 0.6 is 11.6 Å². The summed E-state index contributed by atoms with van der Waals surface area (Å²) in [6, 6.07) is 6.00. The van der Waals surface area contributed by atoms with Gasteiger partial charge in [0.2, 0.25) is 17.7 Å². The molecule has 5 rings (SSSR count). The minimum Gasteiger partial charge on any atom is -0.359 e. The van der Waals surface area contributed by atoms with Gasteiger partial charge in [0.15, 0.2) is 0 Å². The molecular formula is C27H32ClN3O4. The minimum absolute atomic E-state index is 0.0500. The molecule has 2 N–H and O–H groups in total. The fraction of sp³-hybridized carbons (Fsp3) is 0.519. The Balaban J connectivity index is 1.42. The molecule has 1 aliphatic carbocycles. The quantitative estimate of drug-likeness (QED) is 0.588. The minimum atomic E-state index is -1.17. The van der Waals surface area contributed by atoms with Gasteiger partial charge in [0, 0.05) is 23.3 Å². The van der Waals surface area contributed by atoms with Crippen molar-refractivity contribution in [3.8, 4) is 0 Å². The summed E-state index contributed by atoms with van der Waals surface area (Å²) in [7, 11) is 0. The Labute approximate surface area is 210 Å². The van der Waals surface area contributed by atoms with Gasteiger partial charge in [-0.3, -0.25) is 14.4 Å². The summed E-state index contributed by atoms with van der Waals surface area (Å²) in [5, 5.41) is 6.69. The van der Waals surface area contributed by atoms with Crippen molar-refractivity contribution < 1.29 is 19.1 Å². The standard InChI is InChI=1S/C27H32ClN3O4/c1-4-14-31-23(25(33)30-19-7-5-6-15(2)16(19)3)27-13-12-20(35-27)21(22(27)26(31)34)24(32)29-18-10-8-17(28)9-11-18/h4,8-13,15-16,19-23H,1,5-7,14H2,2-3H3,(H,29,32)(H,30,33)/t15-,16+,19+,20-,21+,22-,23-,27-/m0/s1. The molecule has 7 nitrogen and oxygen atoms in total. The zero-order valence-electron chi connectivity index (χ0n) is 20.1. The molecule has 3 aliphatic heterocycles. The van der Waals surface area contributed by atoms with E-state index < -0.39 is 29.6 Å². The molecule has 2 saturated heterocycles. The van der Waals surface area contributed by atoms with Crippen LogP contribution in [0.5, 0.6) is 0 Å². The molecule has 0 unspecified atom stereocenters. The van der Waals surface area contributed by atoms with E-state index in [-0.39, 0.29) is 30.3 Å². The lowest BCUT2D eigenvalue weighted by molar-refractivity contribution is -0.141. The summed E-state index contributed by atoms with van der Waals surface area (Å²) in [6.07, 6.45) is 7.83. The van der Waals surface area contributed by atoms with Crippen molar-refractivity contribution in [2.45, 2.75) is 56.9 Å². The molecule has 0 radical (unpaired) electrons. The smallest absolute Gasteiger partial charge is 0.246 e. The summed E-state index contributed by atoms with van der Waals surface area (Å²) >= 11 is 5.96. The molecule has 8 heteroatoms. The fourth-order valence-corrected chi connectivity index (χ4v) is 6.54. The van der Waals surface area contributed by atoms with E-state index in [1.165, 1.54) is 4.90 Å². The van der Waals surface area contributed by atoms with Gasteiger partial charge in [-0.1, -0.05) is 56.5 Å². The third-order valence-electron chi connectivity index (χ3n) is 8.40. The Bertz CT molecular complexity index is 1070. The summed E-state index contributed by atoms with van der Waals surface area (Å²) in [5.74, 6) is -1.42. The zero-order valence-corrected chi connectivity index (χ0v) is 20.8. The molecule has 1 aromatic carbocycles. The van der Waals surface area contributed by atoms with Gasteiger partial charge >= 0.3 is 0 Å². The number of nitrogens with zero attached hydrogens (tertiary/aromatic N) is 1. The third kappa shape index (κ3) is 3.89. The van der Waals surface area contributed by atoms with Crippen LogP contribution in [0.3, 0.4) is 0 Å². The van der Waals surface area contributed by atoms with Crippen molar-refractivity contribution in [2.75, 3.05) is 11.9 Å². The highest BCUT2D eigenvalue weighted by Crippen LogP contribution is 2.55. The average Bonchev–Trinajstić information content (AvgIpc) is 3.46. The number of amides is 3. The first-order valence-electron chi connectivity index (χ1n) is 12.4. The predicted molar refractivity (Wildman–Crippen MR) is 134 cm³/mol. The highest BCUT2D eigenvalue weighted by atomic mass is 35.5. The molecule has 0 aromatic heterocycles. The van der Waals surface area contributed by atoms with E-state index in [1.807, 2.05) is 12.2 Å². The largest absolute Gasteiger partial charge is 0.359 e. The molecule has 1 saturated carbocycles. The van der Waals surface area contributed by atoms with Crippen molar-refractivity contribution >= 4 is 35.0 Å². The van der Waals surface area contributed by atoms with E-state index in [9.17, 15) is 14.4 Å². The van der Waals surface area contributed by atoms with Crippen LogP contribution in [0.1, 0.15) is 33.1 Å². The van der Waals surface area contributed by atoms with Gasteiger partial charge in [0.1, 0.15) is 11.6 Å². The summed E-state index contributed by atoms with van der Waals surface area (Å²) in [4.78, 5) is 42.3. The van der Waals surface area contributed by atoms with Gasteiger partial charge in [-0.2, -0.15) is 0 Å². The van der Waals surface area contributed by atoms with Gasteiger partial charge in [0.25, 0.3) is 0 Å². The van der Waals surface area contributed by atoms with Crippen LogP contribution in [0.25, 0.3) is 0 Å². The van der Waals surface area contributed by atoms with Crippen molar-refractivity contribution in [3.05, 3.63) is 54.1 Å². The second kappa shape index (κ2) is 9.10. The lowest BCUT2D eigenvalue weighted by Gasteiger charge is -2.37. The van der Waals surface area contributed by atoms with Crippen LogP contribution in [-0.4, -0.2) is 53.0 Å². The lowest BCUT2D eigenvalue weighted by Crippen LogP contribution is -2.57. The molecule has 2 bridgehead atoms. The average molecular weight is 498 g/mol. The zero-order chi connectivity index (χ0) is 24.9. The first-order chi connectivity index (χ1) is 16.8. The Kier molecular flexibility index (Phi) is 6.26. The van der Waals surface area contributed by atoms with Crippen LogP contribution in [0, 0.1) is 23.7 Å². The molecule has 8 atom stereocenters. The Morgan fingerprint density at radius 1 is 1.23 bits per heavy atom. The fourth-order valence-electron chi connectivity index (χ4n) is 6.41. The van der Waals surface area contributed by atoms with E-state index in [2.05, 4.69) is 31.1 Å². The molecule has 4 aliphatic rings. The lowest BCUT2D eigenvalue weighted by atomic mass is 9.73. The highest BCUT2D eigenvalue weighted by molar-refractivity contribution is 6.30. The predicted octanol–water partition coefficient (Wildman–Crippen LogP) is 3.56. The second-order valence-electron chi connectivity index (χ2n) is 10.4. The summed E-state index contributed by atoms with van der Waals surface area (Å²) < 4.78 is 6.34. The van der Waals surface area contributed by atoms with Gasteiger partial charge in [-0.15, -0.1) is 6.58 Å². The third-order valence-corrected chi connectivity index (χ3v) is 8.65. The number of benzene rings is 1. The number of halogens is 1. The number of likely N-dealkylation sites (tertiary alicyclic amines) is 1. The number of ether oxygens (including phenoxy) is 1. The molecular weight excluding hydrogens is 466 g/mol. The van der Waals surface area contributed by atoms with E-state index in [4.69, 9.17) is 16.3 Å². The van der Waals surface area contributed by atoms with E-state index in [0.717, 1.165) is 19.3 Å². The topological polar surface area (TPSA) is 87.7 Å². The number of nitrogens with one attached hydrogen (secondary N) is 2. The number of fused-ring (bicyclic) bond motifs is 1. The van der Waals surface area contributed by atoms with Crippen LogP contribution in [0.2, 0.25) is 5.02 Å². The maximum absolute atomic E-state index is 13.8. The SMILES string of the molecule is C=CCN1C(=O)[C@@H]2[C@H](C(=O)Nc3ccc(Cl)cc3)[C@@H]3C=C[C@@]2(O3)[C@@H]1C(=O)N[C@@H]1CCC[C@H](C)[C@H]1C. The summed E-state index contributed by atoms with van der Waals surface area (Å²) in [6.45, 7) is 8.38. The van der Waals surface area contributed by atoms with E-state index >= 15 is 0 Å². The van der Waals surface area contributed by atoms with Crippen LogP contribution in [-0.2, 0) is 19.1 Å². The van der Waals surface area contributed by atoms with Crippen LogP contribution in [0.15, 0.2) is 49.1 Å². The highest BCUT2D eigenvalue weighted by Gasteiger charge is 2.72. The molecule has 1 aromatic rings. The monoisotopic (exact) mass is 497 g/mol. The Morgan fingerprint density at radius 2 is 1.97 bits per heavy atom. The number of carbonyl (C=O) groups is 3. The van der Waals surface area contributed by atoms with Crippen molar-refractivity contribution in [1.82, 2.24) is 10.2 Å². The maximum Gasteiger partial charge on any atom is 0.246 e. The van der Waals surface area contributed by atoms with Crippen LogP contribution < -0.4 is 10.6 Å².